The molecule has 0 bridgehead atoms. The van der Waals surface area contributed by atoms with Crippen molar-refractivity contribution in [2.75, 3.05) is 0 Å². The summed E-state index contributed by atoms with van der Waals surface area (Å²) in [6.45, 7) is 0.00683. The molecule has 0 aromatic heterocycles. The second-order valence-electron chi connectivity index (χ2n) is 4.16. The molecule has 0 heterocycles. The zero-order valence-corrected chi connectivity index (χ0v) is 10.9. The van der Waals surface area contributed by atoms with E-state index in [0.717, 1.165) is 0 Å². The number of carbonyl (C=O) groups is 1. The first-order valence-electron chi connectivity index (χ1n) is 6.00. The maximum Gasteiger partial charge on any atom is 0.310 e. The van der Waals surface area contributed by atoms with Gasteiger partial charge in [-0.05, 0) is 18.2 Å². The van der Waals surface area contributed by atoms with Crippen LogP contribution < -0.4 is 4.74 Å². The number of nitrogens with zero attached hydrogens (tertiary/aromatic N) is 2. The fourth-order valence-electron chi connectivity index (χ4n) is 1.78. The first-order valence-corrected chi connectivity index (χ1v) is 6.00. The normalized spacial score (nSPS) is 9.67. The molecule has 0 aliphatic heterocycles. The van der Waals surface area contributed by atoms with E-state index in [1.165, 1.54) is 18.2 Å². The fourth-order valence-corrected chi connectivity index (χ4v) is 1.78. The Bertz CT molecular complexity index is 735. The lowest BCUT2D eigenvalue weighted by Gasteiger charge is -2.08. The summed E-state index contributed by atoms with van der Waals surface area (Å²) in [5, 5.41) is 19.9. The maximum absolute atomic E-state index is 10.9. The van der Waals surface area contributed by atoms with Crippen LogP contribution in [0, 0.1) is 21.4 Å². The quantitative estimate of drug-likeness (QED) is 0.477. The van der Waals surface area contributed by atoms with Crippen molar-refractivity contribution in [3.8, 4) is 11.8 Å². The van der Waals surface area contributed by atoms with Crippen molar-refractivity contribution in [2.24, 2.45) is 0 Å². The van der Waals surface area contributed by atoms with Crippen molar-refractivity contribution in [1.29, 1.82) is 5.26 Å². The molecule has 104 valence electrons. The van der Waals surface area contributed by atoms with Gasteiger partial charge in [-0.3, -0.25) is 14.9 Å². The smallest absolute Gasteiger partial charge is 0.310 e. The third-order valence-electron chi connectivity index (χ3n) is 2.84. The molecule has 6 heteroatoms. The van der Waals surface area contributed by atoms with Crippen molar-refractivity contribution < 1.29 is 14.5 Å². The van der Waals surface area contributed by atoms with E-state index < -0.39 is 4.92 Å². The minimum absolute atomic E-state index is 0.00246. The van der Waals surface area contributed by atoms with Gasteiger partial charge in [0, 0.05) is 17.2 Å². The van der Waals surface area contributed by atoms with Gasteiger partial charge >= 0.3 is 5.69 Å². The highest BCUT2D eigenvalue weighted by atomic mass is 16.6. The van der Waals surface area contributed by atoms with Crippen LogP contribution in [0.5, 0.6) is 5.75 Å². The second-order valence-corrected chi connectivity index (χ2v) is 4.16. The van der Waals surface area contributed by atoms with Crippen molar-refractivity contribution >= 4 is 12.0 Å². The maximum atomic E-state index is 10.9. The van der Waals surface area contributed by atoms with Crippen LogP contribution >= 0.6 is 0 Å². The summed E-state index contributed by atoms with van der Waals surface area (Å²) in [5.41, 5.74) is 1.11. The molecule has 2 rings (SSSR count). The van der Waals surface area contributed by atoms with E-state index in [1.807, 2.05) is 6.07 Å². The van der Waals surface area contributed by atoms with Gasteiger partial charge in [0.05, 0.1) is 16.6 Å². The molecule has 2 aromatic rings. The Hall–Kier alpha value is -3.20. The molecule has 0 N–H and O–H groups in total. The molecule has 0 unspecified atom stereocenters. The predicted octanol–water partition coefficient (Wildman–Crippen LogP) is 2.86. The summed E-state index contributed by atoms with van der Waals surface area (Å²) in [5.74, 6) is -0.00246. The Balaban J connectivity index is 2.29. The van der Waals surface area contributed by atoms with E-state index in [1.54, 1.807) is 24.3 Å². The van der Waals surface area contributed by atoms with Crippen LogP contribution in [0.4, 0.5) is 5.69 Å². The zero-order chi connectivity index (χ0) is 15.2. The Kier molecular flexibility index (Phi) is 4.26. The van der Waals surface area contributed by atoms with Crippen molar-refractivity contribution in [2.45, 2.75) is 6.61 Å². The number of nitro benzene ring substituents is 1. The zero-order valence-electron chi connectivity index (χ0n) is 10.9. The molecule has 21 heavy (non-hydrogen) atoms. The Labute approximate surface area is 120 Å². The lowest BCUT2D eigenvalue weighted by atomic mass is 10.1. The van der Waals surface area contributed by atoms with Crippen molar-refractivity contribution in [3.63, 3.8) is 0 Å². The number of carbonyl (C=O) groups excluding carboxylic acids is 1. The van der Waals surface area contributed by atoms with Crippen LogP contribution in [0.1, 0.15) is 21.5 Å². The van der Waals surface area contributed by atoms with Gasteiger partial charge in [-0.15, -0.1) is 0 Å². The lowest BCUT2D eigenvalue weighted by molar-refractivity contribution is -0.385. The lowest BCUT2D eigenvalue weighted by Crippen LogP contribution is -2.01. The topological polar surface area (TPSA) is 93.2 Å². The van der Waals surface area contributed by atoms with Crippen LogP contribution in [0.25, 0.3) is 0 Å². The number of aldehydes is 1. The molecule has 6 nitrogen and oxygen atoms in total. The van der Waals surface area contributed by atoms with Crippen molar-refractivity contribution in [1.82, 2.24) is 0 Å². The summed E-state index contributed by atoms with van der Waals surface area (Å²) in [4.78, 5) is 21.1. The van der Waals surface area contributed by atoms with E-state index in [2.05, 4.69) is 0 Å². The van der Waals surface area contributed by atoms with E-state index >= 15 is 0 Å². The van der Waals surface area contributed by atoms with E-state index in [-0.39, 0.29) is 23.6 Å². The summed E-state index contributed by atoms with van der Waals surface area (Å²) in [7, 11) is 0. The van der Waals surface area contributed by atoms with Crippen LogP contribution in [-0.4, -0.2) is 11.2 Å². The first-order chi connectivity index (χ1) is 10.2. The number of hydrogen-bond acceptors (Lipinski definition) is 5. The van der Waals surface area contributed by atoms with Gasteiger partial charge in [-0.25, -0.2) is 0 Å². The second kappa shape index (κ2) is 6.30. The monoisotopic (exact) mass is 282 g/mol. The van der Waals surface area contributed by atoms with Crippen LogP contribution in [0.15, 0.2) is 42.5 Å². The Morgan fingerprint density at radius 1 is 1.29 bits per heavy atom. The molecular weight excluding hydrogens is 272 g/mol. The number of rotatable bonds is 5. The molecule has 0 radical (unpaired) electrons. The van der Waals surface area contributed by atoms with E-state index in [9.17, 15) is 14.9 Å². The number of hydrogen-bond donors (Lipinski definition) is 0. The predicted molar refractivity (Wildman–Crippen MR) is 74.0 cm³/mol. The summed E-state index contributed by atoms with van der Waals surface area (Å²) in [6.07, 6.45) is 0.583. The summed E-state index contributed by atoms with van der Waals surface area (Å²) < 4.78 is 5.42. The third-order valence-corrected chi connectivity index (χ3v) is 2.84. The van der Waals surface area contributed by atoms with Gasteiger partial charge in [0.2, 0.25) is 0 Å². The largest absolute Gasteiger partial charge is 0.482 e. The molecule has 0 aliphatic carbocycles. The number of nitro groups is 1. The SMILES string of the molecule is N#Cc1ccccc1COc1cc(C=O)ccc1[N+](=O)[O-]. The Morgan fingerprint density at radius 3 is 2.71 bits per heavy atom. The molecular formula is C15H10N2O4. The van der Waals surface area contributed by atoms with Gasteiger partial charge in [-0.1, -0.05) is 18.2 Å². The van der Waals surface area contributed by atoms with Crippen molar-refractivity contribution in [3.05, 3.63) is 69.3 Å². The average molecular weight is 282 g/mol. The highest BCUT2D eigenvalue weighted by Gasteiger charge is 2.16. The van der Waals surface area contributed by atoms with Gasteiger partial charge in [-0.2, -0.15) is 5.26 Å². The van der Waals surface area contributed by atoms with E-state index in [4.69, 9.17) is 10.00 Å². The van der Waals surface area contributed by atoms with Gasteiger partial charge < -0.3 is 4.74 Å². The van der Waals surface area contributed by atoms with Crippen LogP contribution in [0.3, 0.4) is 0 Å². The summed E-state index contributed by atoms with van der Waals surface area (Å²) in [6, 6.07) is 12.7. The summed E-state index contributed by atoms with van der Waals surface area (Å²) >= 11 is 0. The minimum Gasteiger partial charge on any atom is -0.482 e. The Morgan fingerprint density at radius 2 is 2.05 bits per heavy atom. The van der Waals surface area contributed by atoms with Crippen LogP contribution in [-0.2, 0) is 6.61 Å². The minimum atomic E-state index is -0.583. The molecule has 0 saturated heterocycles. The molecule has 0 aliphatic rings. The highest BCUT2D eigenvalue weighted by Crippen LogP contribution is 2.28. The molecule has 0 amide bonds. The number of benzene rings is 2. The van der Waals surface area contributed by atoms with Crippen LogP contribution in [0.2, 0.25) is 0 Å². The molecule has 0 atom stereocenters. The average Bonchev–Trinajstić information content (AvgIpc) is 2.52. The van der Waals surface area contributed by atoms with E-state index in [0.29, 0.717) is 17.4 Å². The molecule has 0 fully saturated rings. The molecule has 0 saturated carbocycles. The van der Waals surface area contributed by atoms with Gasteiger partial charge in [0.15, 0.2) is 5.75 Å². The highest BCUT2D eigenvalue weighted by molar-refractivity contribution is 5.76. The number of nitriles is 1. The fraction of sp³-hybridized carbons (Fsp3) is 0.0667. The third kappa shape index (κ3) is 3.22. The standard InChI is InChI=1S/C15H10N2O4/c16-8-12-3-1-2-4-13(12)10-21-15-7-11(9-18)5-6-14(15)17(19)20/h1-7,9H,10H2. The molecule has 2 aromatic carbocycles. The number of ether oxygens (including phenoxy) is 1. The molecule has 0 spiro atoms. The van der Waals surface area contributed by atoms with Gasteiger partial charge in [0.1, 0.15) is 12.9 Å². The van der Waals surface area contributed by atoms with Gasteiger partial charge in [0.25, 0.3) is 0 Å². The first kappa shape index (κ1) is 14.2.